The predicted octanol–water partition coefficient (Wildman–Crippen LogP) is 3.30. The molecule has 2 rings (SSSR count). The maximum absolute atomic E-state index is 12.0. The fourth-order valence-electron chi connectivity index (χ4n) is 2.28. The summed E-state index contributed by atoms with van der Waals surface area (Å²) >= 11 is 0. The monoisotopic (exact) mass is 256 g/mol. The third-order valence-corrected chi connectivity index (χ3v) is 3.21. The van der Waals surface area contributed by atoms with E-state index in [0.29, 0.717) is 6.42 Å². The molecule has 1 aromatic carbocycles. The Morgan fingerprint density at radius 2 is 1.79 bits per heavy atom. The molecule has 1 heterocycles. The number of hydrogen-bond acceptors (Lipinski definition) is 2. The zero-order valence-electron chi connectivity index (χ0n) is 11.9. The van der Waals surface area contributed by atoms with Crippen LogP contribution in [0, 0.1) is 0 Å². The van der Waals surface area contributed by atoms with Gasteiger partial charge in [0.1, 0.15) is 0 Å². The van der Waals surface area contributed by atoms with Crippen LogP contribution in [0.3, 0.4) is 0 Å². The molecule has 0 atom stereocenters. The van der Waals surface area contributed by atoms with Gasteiger partial charge >= 0.3 is 0 Å². The van der Waals surface area contributed by atoms with Gasteiger partial charge in [-0.1, -0.05) is 58.0 Å². The fourth-order valence-corrected chi connectivity index (χ4v) is 2.28. The van der Waals surface area contributed by atoms with Gasteiger partial charge in [-0.25, -0.2) is 5.10 Å². The number of nitrogens with one attached hydrogen (secondary N) is 1. The molecule has 1 aromatic heterocycles. The lowest BCUT2D eigenvalue weighted by Crippen LogP contribution is -2.24. The molecule has 0 amide bonds. The second-order valence-electron chi connectivity index (χ2n) is 5.72. The number of hydrogen-bond donors (Lipinski definition) is 1. The SMILES string of the molecule is CCc1c(-c2ccccc2)c(C(C)(C)C)n[nH]c1=O. The first-order valence-corrected chi connectivity index (χ1v) is 6.62. The number of benzene rings is 1. The highest BCUT2D eigenvalue weighted by molar-refractivity contribution is 5.70. The first kappa shape index (κ1) is 13.5. The molecule has 0 saturated heterocycles. The van der Waals surface area contributed by atoms with Crippen molar-refractivity contribution in [3.63, 3.8) is 0 Å². The molecule has 0 unspecified atom stereocenters. The summed E-state index contributed by atoms with van der Waals surface area (Å²) in [6, 6.07) is 10.0. The van der Waals surface area contributed by atoms with Crippen LogP contribution in [0.15, 0.2) is 35.1 Å². The average Bonchev–Trinajstić information content (AvgIpc) is 2.38. The van der Waals surface area contributed by atoms with Gasteiger partial charge in [-0.2, -0.15) is 5.10 Å². The van der Waals surface area contributed by atoms with Crippen molar-refractivity contribution in [1.29, 1.82) is 0 Å². The molecule has 0 aliphatic rings. The van der Waals surface area contributed by atoms with E-state index < -0.39 is 0 Å². The van der Waals surface area contributed by atoms with Crippen molar-refractivity contribution >= 4 is 0 Å². The van der Waals surface area contributed by atoms with Crippen LogP contribution in [0.25, 0.3) is 11.1 Å². The van der Waals surface area contributed by atoms with Crippen molar-refractivity contribution in [3.05, 3.63) is 51.9 Å². The topological polar surface area (TPSA) is 45.8 Å². The van der Waals surface area contributed by atoms with Crippen molar-refractivity contribution in [2.24, 2.45) is 0 Å². The highest BCUT2D eigenvalue weighted by atomic mass is 16.1. The Kier molecular flexibility index (Phi) is 3.56. The maximum atomic E-state index is 12.0. The van der Waals surface area contributed by atoms with Gasteiger partial charge < -0.3 is 0 Å². The normalized spacial score (nSPS) is 11.6. The number of aromatic nitrogens is 2. The van der Waals surface area contributed by atoms with Crippen LogP contribution in [0.1, 0.15) is 39.0 Å². The largest absolute Gasteiger partial charge is 0.268 e. The lowest BCUT2D eigenvalue weighted by molar-refractivity contribution is 0.557. The molecule has 0 bridgehead atoms. The number of nitrogens with zero attached hydrogens (tertiary/aromatic N) is 1. The quantitative estimate of drug-likeness (QED) is 0.896. The van der Waals surface area contributed by atoms with Gasteiger partial charge in [0.05, 0.1) is 5.69 Å². The van der Waals surface area contributed by atoms with Crippen molar-refractivity contribution in [2.75, 3.05) is 0 Å². The summed E-state index contributed by atoms with van der Waals surface area (Å²) in [6.07, 6.45) is 0.700. The van der Waals surface area contributed by atoms with Crippen LogP contribution >= 0.6 is 0 Å². The van der Waals surface area contributed by atoms with E-state index in [0.717, 1.165) is 22.4 Å². The zero-order valence-corrected chi connectivity index (χ0v) is 11.9. The minimum Gasteiger partial charge on any atom is -0.268 e. The minimum absolute atomic E-state index is 0.0886. The van der Waals surface area contributed by atoms with Gasteiger partial charge in [0, 0.05) is 16.5 Å². The van der Waals surface area contributed by atoms with E-state index >= 15 is 0 Å². The van der Waals surface area contributed by atoms with Gasteiger partial charge in [-0.05, 0) is 12.0 Å². The van der Waals surface area contributed by atoms with Crippen molar-refractivity contribution in [3.8, 4) is 11.1 Å². The van der Waals surface area contributed by atoms with Gasteiger partial charge in [-0.3, -0.25) is 4.79 Å². The predicted molar refractivity (Wildman–Crippen MR) is 78.4 cm³/mol. The van der Waals surface area contributed by atoms with E-state index in [4.69, 9.17) is 0 Å². The molecule has 3 nitrogen and oxygen atoms in total. The van der Waals surface area contributed by atoms with Crippen LogP contribution in [-0.4, -0.2) is 10.2 Å². The van der Waals surface area contributed by atoms with Crippen molar-refractivity contribution < 1.29 is 0 Å². The molecule has 0 fully saturated rings. The smallest absolute Gasteiger partial charge is 0.267 e. The summed E-state index contributed by atoms with van der Waals surface area (Å²) in [7, 11) is 0. The highest BCUT2D eigenvalue weighted by Crippen LogP contribution is 2.32. The molecule has 3 heteroatoms. The van der Waals surface area contributed by atoms with Gasteiger partial charge in [0.25, 0.3) is 5.56 Å². The number of rotatable bonds is 2. The van der Waals surface area contributed by atoms with E-state index in [1.165, 1.54) is 0 Å². The van der Waals surface area contributed by atoms with E-state index in [2.05, 4.69) is 31.0 Å². The number of aromatic amines is 1. The molecular formula is C16H20N2O. The Morgan fingerprint density at radius 3 is 2.32 bits per heavy atom. The summed E-state index contributed by atoms with van der Waals surface area (Å²) in [6.45, 7) is 8.34. The summed E-state index contributed by atoms with van der Waals surface area (Å²) < 4.78 is 0. The molecule has 0 aliphatic carbocycles. The van der Waals surface area contributed by atoms with E-state index in [1.807, 2.05) is 37.3 Å². The summed E-state index contributed by atoms with van der Waals surface area (Å²) in [4.78, 5) is 12.0. The fraction of sp³-hybridized carbons (Fsp3) is 0.375. The first-order valence-electron chi connectivity index (χ1n) is 6.62. The lowest BCUT2D eigenvalue weighted by Gasteiger charge is -2.22. The van der Waals surface area contributed by atoms with Crippen molar-refractivity contribution in [1.82, 2.24) is 10.2 Å². The maximum Gasteiger partial charge on any atom is 0.267 e. The second-order valence-corrected chi connectivity index (χ2v) is 5.72. The summed E-state index contributed by atoms with van der Waals surface area (Å²) in [5.41, 5.74) is 3.59. The molecule has 0 saturated carbocycles. The zero-order chi connectivity index (χ0) is 14.0. The Hall–Kier alpha value is -1.90. The molecule has 2 aromatic rings. The minimum atomic E-state index is -0.112. The van der Waals surface area contributed by atoms with E-state index in [-0.39, 0.29) is 11.0 Å². The molecule has 19 heavy (non-hydrogen) atoms. The van der Waals surface area contributed by atoms with Gasteiger partial charge in [-0.15, -0.1) is 0 Å². The Labute approximate surface area is 113 Å². The summed E-state index contributed by atoms with van der Waals surface area (Å²) in [5.74, 6) is 0. The molecule has 1 N–H and O–H groups in total. The lowest BCUT2D eigenvalue weighted by atomic mass is 9.84. The van der Waals surface area contributed by atoms with Crippen LogP contribution in [0.2, 0.25) is 0 Å². The standard InChI is InChI=1S/C16H20N2O/c1-5-12-13(11-9-7-6-8-10-11)14(16(2,3)4)17-18-15(12)19/h6-10H,5H2,1-4H3,(H,18,19). The van der Waals surface area contributed by atoms with E-state index in [9.17, 15) is 4.79 Å². The first-order chi connectivity index (χ1) is 8.95. The Bertz CT molecular complexity index is 621. The third-order valence-electron chi connectivity index (χ3n) is 3.21. The van der Waals surface area contributed by atoms with Crippen molar-refractivity contribution in [2.45, 2.75) is 39.5 Å². The van der Waals surface area contributed by atoms with Crippen LogP contribution in [-0.2, 0) is 11.8 Å². The Morgan fingerprint density at radius 1 is 1.16 bits per heavy atom. The highest BCUT2D eigenvalue weighted by Gasteiger charge is 2.24. The van der Waals surface area contributed by atoms with Gasteiger partial charge in [0.15, 0.2) is 0 Å². The molecule has 100 valence electrons. The third kappa shape index (κ3) is 2.60. The molecule has 0 aliphatic heterocycles. The second kappa shape index (κ2) is 5.00. The van der Waals surface area contributed by atoms with E-state index in [1.54, 1.807) is 0 Å². The van der Waals surface area contributed by atoms with Gasteiger partial charge in [0.2, 0.25) is 0 Å². The van der Waals surface area contributed by atoms with Crippen LogP contribution < -0.4 is 5.56 Å². The Balaban J connectivity index is 2.82. The molecular weight excluding hydrogens is 236 g/mol. The van der Waals surface area contributed by atoms with Crippen LogP contribution in [0.5, 0.6) is 0 Å². The molecule has 0 radical (unpaired) electrons. The molecule has 0 spiro atoms. The average molecular weight is 256 g/mol. The van der Waals surface area contributed by atoms with Crippen LogP contribution in [0.4, 0.5) is 0 Å². The summed E-state index contributed by atoms with van der Waals surface area (Å²) in [5, 5.41) is 6.93. The number of H-pyrrole nitrogens is 1.